The average Bonchev–Trinajstić information content (AvgIpc) is 3.02. The summed E-state index contributed by atoms with van der Waals surface area (Å²) in [5.41, 5.74) is 8.91. The van der Waals surface area contributed by atoms with Gasteiger partial charge in [0.25, 0.3) is 0 Å². The number of fused-ring (bicyclic) bond motifs is 1. The van der Waals surface area contributed by atoms with Gasteiger partial charge < -0.3 is 16.2 Å². The smallest absolute Gasteiger partial charge is 0.166 e. The molecular weight excluding hydrogens is 330 g/mol. The van der Waals surface area contributed by atoms with Crippen LogP contribution in [0.25, 0.3) is 16.9 Å². The lowest BCUT2D eigenvalue weighted by atomic mass is 10.1. The Hall–Kier alpha value is -3.52. The fourth-order valence-corrected chi connectivity index (χ4v) is 2.82. The van der Waals surface area contributed by atoms with Crippen LogP contribution in [0.3, 0.4) is 0 Å². The maximum Gasteiger partial charge on any atom is 0.166 e. The van der Waals surface area contributed by atoms with Gasteiger partial charge in [-0.3, -0.25) is 0 Å². The molecule has 26 heavy (non-hydrogen) atoms. The first-order valence-corrected chi connectivity index (χ1v) is 8.10. The van der Waals surface area contributed by atoms with E-state index in [2.05, 4.69) is 25.4 Å². The number of anilines is 2. The summed E-state index contributed by atoms with van der Waals surface area (Å²) in [5.74, 6) is 0.919. The monoisotopic (exact) mass is 355 g/mol. The van der Waals surface area contributed by atoms with Crippen LogP contribution in [0.5, 0.6) is 0 Å². The van der Waals surface area contributed by atoms with Crippen LogP contribution in [0.4, 0.5) is 11.6 Å². The first kappa shape index (κ1) is 16.0. The summed E-state index contributed by atoms with van der Waals surface area (Å²) in [5, 5.41) is 17.2. The Morgan fingerprint density at radius 1 is 1.15 bits per heavy atom. The van der Waals surface area contributed by atoms with Crippen LogP contribution in [0.15, 0.2) is 61.2 Å². The van der Waals surface area contributed by atoms with Gasteiger partial charge >= 0.3 is 0 Å². The highest BCUT2D eigenvalue weighted by Gasteiger charge is 2.16. The molecule has 0 radical (unpaired) electrons. The number of nitrogens with one attached hydrogen (secondary N) is 1. The number of aliphatic hydroxyl groups is 1. The van der Waals surface area contributed by atoms with Gasteiger partial charge in [-0.2, -0.15) is 0 Å². The van der Waals surface area contributed by atoms with Crippen molar-refractivity contribution in [1.29, 1.82) is 0 Å². The molecule has 0 amide bonds. The lowest BCUT2D eigenvalue weighted by molar-refractivity contribution is 0.276. The number of rotatable bonds is 5. The summed E-state index contributed by atoms with van der Waals surface area (Å²) in [6.45, 7) is -0.0657. The molecule has 0 fully saturated rings. The van der Waals surface area contributed by atoms with Crippen LogP contribution >= 0.6 is 0 Å². The predicted octanol–water partition coefficient (Wildman–Crippen LogP) is 2.90. The van der Waals surface area contributed by atoms with Gasteiger partial charge in [0, 0.05) is 24.2 Å². The van der Waals surface area contributed by atoms with Gasteiger partial charge in [0.1, 0.15) is 12.1 Å². The van der Waals surface area contributed by atoms with Gasteiger partial charge in [-0.15, -0.1) is 5.10 Å². The van der Waals surface area contributed by atoms with E-state index in [1.165, 1.54) is 6.33 Å². The van der Waals surface area contributed by atoms with Crippen molar-refractivity contribution in [1.82, 2.24) is 24.6 Å². The van der Waals surface area contributed by atoms with E-state index in [1.54, 1.807) is 29.0 Å². The lowest BCUT2D eigenvalue weighted by Gasteiger charge is -2.17. The van der Waals surface area contributed by atoms with E-state index in [0.717, 1.165) is 5.56 Å². The predicted molar refractivity (Wildman–Crippen MR) is 107 cm³/mol. The van der Waals surface area contributed by atoms with E-state index in [-0.39, 0.29) is 18.4 Å². The molecule has 8 nitrogen and oxygen atoms in total. The number of benzene rings is 1. The van der Waals surface area contributed by atoms with Crippen LogP contribution < -0.4 is 11.1 Å². The molecule has 3 aromatic heterocycles. The first-order chi connectivity index (χ1) is 12.8. The van der Waals surface area contributed by atoms with Crippen molar-refractivity contribution in [2.75, 3.05) is 17.7 Å². The molecule has 4 N–H and O–H groups in total. The second kappa shape index (κ2) is 6.77. The summed E-state index contributed by atoms with van der Waals surface area (Å²) < 4.78 is 1.61. The molecular formula is C18H25N7O. The van der Waals surface area contributed by atoms with Gasteiger partial charge in [0.05, 0.1) is 23.9 Å². The zero-order valence-electron chi connectivity index (χ0n) is 13.8. The van der Waals surface area contributed by atoms with E-state index in [0.29, 0.717) is 28.5 Å². The van der Waals surface area contributed by atoms with Gasteiger partial charge in [0.2, 0.25) is 0 Å². The molecule has 0 bridgehead atoms. The Balaban J connectivity index is 0.00000210. The fourth-order valence-electron chi connectivity index (χ4n) is 2.82. The van der Waals surface area contributed by atoms with Crippen molar-refractivity contribution >= 4 is 17.3 Å². The van der Waals surface area contributed by atoms with Crippen LogP contribution in [0, 0.1) is 0 Å². The SMILES string of the molecule is Nc1nn2cccnc2c1-c1cc(N[C@@H](CO)c2ccccc2)ncn1.[HH].[HH].[HH].[HH]. The van der Waals surface area contributed by atoms with Crippen molar-refractivity contribution in [3.05, 3.63) is 66.7 Å². The topological polar surface area (TPSA) is 114 Å². The Bertz CT molecular complexity index is 1050. The minimum atomic E-state index is -0.279. The van der Waals surface area contributed by atoms with Gasteiger partial charge in [-0.05, 0) is 11.6 Å². The third-order valence-electron chi connectivity index (χ3n) is 4.05. The number of aliphatic hydroxyl groups excluding tert-OH is 1. The molecule has 0 saturated carbocycles. The molecule has 0 unspecified atom stereocenters. The first-order valence-electron chi connectivity index (χ1n) is 8.10. The van der Waals surface area contributed by atoms with E-state index in [9.17, 15) is 5.11 Å². The molecule has 0 saturated heterocycles. The zero-order valence-corrected chi connectivity index (χ0v) is 13.8. The van der Waals surface area contributed by atoms with Crippen LogP contribution in [0.2, 0.25) is 0 Å². The highest BCUT2D eigenvalue weighted by atomic mass is 16.3. The van der Waals surface area contributed by atoms with E-state index in [4.69, 9.17) is 5.73 Å². The maximum absolute atomic E-state index is 9.73. The van der Waals surface area contributed by atoms with Gasteiger partial charge in [-0.25, -0.2) is 19.5 Å². The summed E-state index contributed by atoms with van der Waals surface area (Å²) in [6, 6.07) is 13.0. The standard InChI is InChI=1S/C18H17N7O.4H2/c19-17-16(18-20-7-4-8-25(18)24-17)13-9-15(22-11-21-13)23-14(10-26)12-5-2-1-3-6-12;;;;/h1-9,11,14,26H,10H2,(H2,19,24)(H,21,22,23);4*1H/t14-;;;;/m0..../s1. The van der Waals surface area contributed by atoms with E-state index >= 15 is 0 Å². The molecule has 0 aliphatic heterocycles. The average molecular weight is 355 g/mol. The molecule has 1 atom stereocenters. The molecule has 4 rings (SSSR count). The third-order valence-corrected chi connectivity index (χ3v) is 4.05. The van der Waals surface area contributed by atoms with Crippen molar-refractivity contribution in [3.63, 3.8) is 0 Å². The van der Waals surface area contributed by atoms with Crippen LogP contribution in [-0.4, -0.2) is 36.3 Å². The highest BCUT2D eigenvalue weighted by Crippen LogP contribution is 2.29. The normalized spacial score (nSPS) is 12.2. The highest BCUT2D eigenvalue weighted by molar-refractivity contribution is 5.84. The Morgan fingerprint density at radius 2 is 2.00 bits per heavy atom. The molecule has 3 heterocycles. The Labute approximate surface area is 155 Å². The number of nitrogens with zero attached hydrogens (tertiary/aromatic N) is 5. The maximum atomic E-state index is 9.73. The summed E-state index contributed by atoms with van der Waals surface area (Å²) in [6.07, 6.45) is 4.90. The quantitative estimate of drug-likeness (QED) is 0.504. The molecule has 0 spiro atoms. The summed E-state index contributed by atoms with van der Waals surface area (Å²) in [7, 11) is 0. The Kier molecular flexibility index (Phi) is 4.16. The number of aromatic nitrogens is 5. The van der Waals surface area contributed by atoms with Crippen molar-refractivity contribution < 1.29 is 10.8 Å². The van der Waals surface area contributed by atoms with E-state index < -0.39 is 0 Å². The number of nitrogen functional groups attached to an aromatic ring is 1. The fraction of sp³-hybridized carbons (Fsp3) is 0.111. The van der Waals surface area contributed by atoms with E-state index in [1.807, 2.05) is 30.3 Å². The number of hydrogen-bond donors (Lipinski definition) is 3. The van der Waals surface area contributed by atoms with Crippen LogP contribution in [-0.2, 0) is 0 Å². The third kappa shape index (κ3) is 2.93. The number of nitrogens with two attached hydrogens (primary N) is 1. The minimum absolute atomic E-state index is 0. The van der Waals surface area contributed by atoms with Gasteiger partial charge in [-0.1, -0.05) is 30.3 Å². The second-order valence-electron chi connectivity index (χ2n) is 5.73. The molecule has 8 heteroatoms. The molecule has 0 aliphatic rings. The lowest BCUT2D eigenvalue weighted by Crippen LogP contribution is -2.15. The molecule has 4 aromatic rings. The van der Waals surface area contributed by atoms with Gasteiger partial charge in [0.15, 0.2) is 11.5 Å². The molecule has 138 valence electrons. The largest absolute Gasteiger partial charge is 0.394 e. The van der Waals surface area contributed by atoms with Crippen molar-refractivity contribution in [2.24, 2.45) is 0 Å². The van der Waals surface area contributed by atoms with Crippen molar-refractivity contribution in [2.45, 2.75) is 6.04 Å². The molecule has 0 aliphatic carbocycles. The molecule has 1 aromatic carbocycles. The van der Waals surface area contributed by atoms with Crippen LogP contribution in [0.1, 0.15) is 17.3 Å². The minimum Gasteiger partial charge on any atom is -0.394 e. The van der Waals surface area contributed by atoms with Crippen molar-refractivity contribution in [3.8, 4) is 11.3 Å². The Morgan fingerprint density at radius 3 is 2.81 bits per heavy atom. The summed E-state index contributed by atoms with van der Waals surface area (Å²) >= 11 is 0. The number of hydrogen-bond acceptors (Lipinski definition) is 7. The second-order valence-corrected chi connectivity index (χ2v) is 5.73. The zero-order chi connectivity index (χ0) is 17.9. The summed E-state index contributed by atoms with van der Waals surface area (Å²) in [4.78, 5) is 12.9.